The molecule has 13 rings (SSSR count). The summed E-state index contributed by atoms with van der Waals surface area (Å²) in [6.45, 7) is 9.29. The van der Waals surface area contributed by atoms with E-state index in [1.165, 1.54) is 92.8 Å². The van der Waals surface area contributed by atoms with Gasteiger partial charge in [-0.3, -0.25) is 0 Å². The lowest BCUT2D eigenvalue weighted by Gasteiger charge is -2.45. The van der Waals surface area contributed by atoms with E-state index in [1.54, 1.807) is 0 Å². The minimum absolute atomic E-state index is 0.0148. The van der Waals surface area contributed by atoms with Gasteiger partial charge in [-0.25, -0.2) is 0 Å². The Hall–Kier alpha value is -6.24. The highest BCUT2D eigenvalue weighted by molar-refractivity contribution is 7.33. The summed E-state index contributed by atoms with van der Waals surface area (Å²) in [5.41, 5.74) is 18.4. The number of thiophene rings is 1. The number of fused-ring (bicyclic) bond motifs is 14. The van der Waals surface area contributed by atoms with Crippen LogP contribution in [0.25, 0.3) is 59.5 Å². The van der Waals surface area contributed by atoms with Crippen LogP contribution in [0.4, 0.5) is 34.1 Å². The molecular formula is C49H34BN3OS. The lowest BCUT2D eigenvalue weighted by Crippen LogP contribution is -2.61. The number of hydrogen-bond donors (Lipinski definition) is 0. The number of anilines is 6. The minimum Gasteiger partial charge on any atom is -0.456 e. The maximum Gasteiger partial charge on any atom is 0.264 e. The van der Waals surface area contributed by atoms with E-state index in [2.05, 4.69) is 176 Å². The van der Waals surface area contributed by atoms with Crippen LogP contribution in [0.2, 0.25) is 0 Å². The predicted octanol–water partition coefficient (Wildman–Crippen LogP) is 11.9. The molecule has 7 aromatic carbocycles. The Morgan fingerprint density at radius 3 is 2.20 bits per heavy atom. The van der Waals surface area contributed by atoms with Crippen molar-refractivity contribution < 1.29 is 4.42 Å². The largest absolute Gasteiger partial charge is 0.456 e. The highest BCUT2D eigenvalue weighted by Crippen LogP contribution is 2.54. The summed E-state index contributed by atoms with van der Waals surface area (Å²) in [5.74, 6) is 0. The van der Waals surface area contributed by atoms with Gasteiger partial charge >= 0.3 is 0 Å². The van der Waals surface area contributed by atoms with E-state index in [4.69, 9.17) is 4.42 Å². The zero-order valence-electron chi connectivity index (χ0n) is 30.9. The van der Waals surface area contributed by atoms with E-state index in [1.807, 2.05) is 11.3 Å². The monoisotopic (exact) mass is 723 g/mol. The van der Waals surface area contributed by atoms with Crippen LogP contribution in [0.1, 0.15) is 31.9 Å². The molecule has 6 heterocycles. The molecule has 0 N–H and O–H groups in total. The van der Waals surface area contributed by atoms with Gasteiger partial charge in [0.1, 0.15) is 11.2 Å². The van der Waals surface area contributed by atoms with Crippen LogP contribution in [0.15, 0.2) is 138 Å². The van der Waals surface area contributed by atoms with E-state index < -0.39 is 0 Å². The molecule has 4 nitrogen and oxygen atoms in total. The van der Waals surface area contributed by atoms with Crippen LogP contribution < -0.4 is 25.5 Å². The average molecular weight is 724 g/mol. The fraction of sp³-hybridized carbons (Fsp3) is 0.102. The number of aryl methyl sites for hydroxylation is 1. The summed E-state index contributed by atoms with van der Waals surface area (Å²) in [5, 5.41) is 6.17. The quantitative estimate of drug-likeness (QED) is 0.158. The molecule has 0 atom stereocenters. The zero-order valence-corrected chi connectivity index (χ0v) is 31.8. The van der Waals surface area contributed by atoms with Gasteiger partial charge in [-0.2, -0.15) is 0 Å². The summed E-state index contributed by atoms with van der Waals surface area (Å²) in [6, 6.07) is 50.0. The number of furan rings is 1. The molecule has 0 bridgehead atoms. The van der Waals surface area contributed by atoms with Gasteiger partial charge in [0.2, 0.25) is 0 Å². The second-order valence-corrected chi connectivity index (χ2v) is 17.7. The Kier molecular flexibility index (Phi) is 5.53. The third-order valence-electron chi connectivity index (χ3n) is 12.4. The van der Waals surface area contributed by atoms with Crippen molar-refractivity contribution >= 4 is 122 Å². The Bertz CT molecular complexity index is 3360. The van der Waals surface area contributed by atoms with Crippen LogP contribution in [0.3, 0.4) is 0 Å². The van der Waals surface area contributed by atoms with E-state index in [0.29, 0.717) is 0 Å². The molecule has 3 aliphatic rings. The zero-order chi connectivity index (χ0) is 36.5. The topological polar surface area (TPSA) is 24.6 Å². The van der Waals surface area contributed by atoms with Gasteiger partial charge in [0, 0.05) is 53.5 Å². The first kappa shape index (κ1) is 30.1. The van der Waals surface area contributed by atoms with Crippen LogP contribution >= 0.6 is 11.3 Å². The standard InChI is InChI=1S/C49H34BN3OS/c1-27-23-39-44-40(24-27)53-37-16-9-13-32-30-11-5-7-15-36(30)52(45(32)37)38-17-10-14-35(47(38)53)50(44)48-46(34-25-28(49(2,3)4)19-22-43(34)55-48)51(39)29-20-21-42-33(26-29)31-12-6-8-18-41(31)54-42/h5-26H,1-4H3. The van der Waals surface area contributed by atoms with Crippen LogP contribution in [0, 0.1) is 6.92 Å². The number of nitrogens with zero attached hydrogens (tertiary/aromatic N) is 3. The number of benzene rings is 7. The molecular weight excluding hydrogens is 689 g/mol. The normalized spacial score (nSPS) is 14.1. The van der Waals surface area contributed by atoms with Crippen molar-refractivity contribution in [3.05, 3.63) is 145 Å². The van der Waals surface area contributed by atoms with Gasteiger partial charge in [-0.15, -0.1) is 11.3 Å². The molecule has 10 aromatic rings. The molecule has 0 saturated heterocycles. The molecule has 0 unspecified atom stereocenters. The lowest BCUT2D eigenvalue weighted by atomic mass is 9.36. The van der Waals surface area contributed by atoms with E-state index in [-0.39, 0.29) is 12.1 Å². The second-order valence-electron chi connectivity index (χ2n) is 16.6. The van der Waals surface area contributed by atoms with Gasteiger partial charge in [0.05, 0.1) is 33.8 Å². The van der Waals surface area contributed by atoms with Gasteiger partial charge < -0.3 is 18.8 Å². The summed E-state index contributed by atoms with van der Waals surface area (Å²) in [4.78, 5) is 5.18. The van der Waals surface area contributed by atoms with Crippen molar-refractivity contribution in [1.82, 2.24) is 4.57 Å². The second kappa shape index (κ2) is 10.1. The molecule has 0 aliphatic carbocycles. The van der Waals surface area contributed by atoms with Crippen molar-refractivity contribution in [1.29, 1.82) is 0 Å². The van der Waals surface area contributed by atoms with Crippen LogP contribution in [0.5, 0.6) is 0 Å². The summed E-state index contributed by atoms with van der Waals surface area (Å²) in [6.07, 6.45) is 0. The average Bonchev–Trinajstić information content (AvgIpc) is 3.87. The molecule has 3 aliphatic heterocycles. The Labute approximate surface area is 322 Å². The van der Waals surface area contributed by atoms with Crippen LogP contribution in [-0.4, -0.2) is 11.3 Å². The van der Waals surface area contributed by atoms with Gasteiger partial charge in [-0.05, 0) is 101 Å². The van der Waals surface area contributed by atoms with Crippen molar-refractivity contribution in [2.75, 3.05) is 9.80 Å². The summed E-state index contributed by atoms with van der Waals surface area (Å²) >= 11 is 1.96. The van der Waals surface area contributed by atoms with E-state index >= 15 is 0 Å². The number of para-hydroxylation sites is 4. The molecule has 0 amide bonds. The molecule has 0 fully saturated rings. The Balaban J connectivity index is 1.18. The summed E-state index contributed by atoms with van der Waals surface area (Å²) in [7, 11) is 0. The number of hydrogen-bond acceptors (Lipinski definition) is 4. The van der Waals surface area contributed by atoms with Gasteiger partial charge in [0.25, 0.3) is 6.71 Å². The smallest absolute Gasteiger partial charge is 0.264 e. The molecule has 3 aromatic heterocycles. The maximum atomic E-state index is 6.36. The van der Waals surface area contributed by atoms with Gasteiger partial charge in [-0.1, -0.05) is 87.5 Å². The minimum atomic E-state index is 0.0148. The fourth-order valence-electron chi connectivity index (χ4n) is 10.1. The number of rotatable bonds is 1. The van der Waals surface area contributed by atoms with Crippen molar-refractivity contribution in [2.45, 2.75) is 33.1 Å². The first-order chi connectivity index (χ1) is 26.8. The van der Waals surface area contributed by atoms with Crippen molar-refractivity contribution in [3.63, 3.8) is 0 Å². The highest BCUT2D eigenvalue weighted by Gasteiger charge is 2.47. The Morgan fingerprint density at radius 1 is 0.582 bits per heavy atom. The van der Waals surface area contributed by atoms with Crippen molar-refractivity contribution in [3.8, 4) is 5.69 Å². The van der Waals surface area contributed by atoms with E-state index in [9.17, 15) is 0 Å². The van der Waals surface area contributed by atoms with Crippen molar-refractivity contribution in [2.24, 2.45) is 0 Å². The molecule has 0 spiro atoms. The van der Waals surface area contributed by atoms with Crippen LogP contribution in [-0.2, 0) is 5.41 Å². The first-order valence-corrected chi connectivity index (χ1v) is 20.0. The first-order valence-electron chi connectivity index (χ1n) is 19.2. The van der Waals surface area contributed by atoms with E-state index in [0.717, 1.165) is 27.6 Å². The molecule has 55 heavy (non-hydrogen) atoms. The SMILES string of the molecule is Cc1cc2c3c(c1)N1c4c(cccc4-n4c5ccccc5c5cccc1c54)B3c1sc3ccc(C(C)(C)C)cc3c1N2c1ccc2oc3ccccc3c2c1. The number of aromatic nitrogens is 1. The summed E-state index contributed by atoms with van der Waals surface area (Å²) < 4.78 is 11.6. The molecule has 0 radical (unpaired) electrons. The molecule has 0 saturated carbocycles. The maximum absolute atomic E-state index is 6.36. The third kappa shape index (κ3) is 3.73. The molecule has 260 valence electrons. The molecule has 6 heteroatoms. The van der Waals surface area contributed by atoms with Gasteiger partial charge in [0.15, 0.2) is 0 Å². The highest BCUT2D eigenvalue weighted by atomic mass is 32.1. The third-order valence-corrected chi connectivity index (χ3v) is 13.7. The Morgan fingerprint density at radius 2 is 1.33 bits per heavy atom. The lowest BCUT2D eigenvalue weighted by molar-refractivity contribution is 0.591. The fourth-order valence-corrected chi connectivity index (χ4v) is 11.4. The predicted molar refractivity (Wildman–Crippen MR) is 234 cm³/mol.